The molecule has 0 aliphatic heterocycles. The Morgan fingerprint density at radius 3 is 2.04 bits per heavy atom. The standard InChI is InChI=1S/C22H32O3S/c1-3-5-7-9-11-18-13-14-19-17-22(26(23,24)25)20(16-21(19)15-18)12-10-8-6-4-2/h13-17H,3-12H2,1-2H3,(H,23,24,25). The molecule has 1 N–H and O–H groups in total. The van der Waals surface area contributed by atoms with Crippen LogP contribution in [0, 0.1) is 0 Å². The molecule has 0 heterocycles. The van der Waals surface area contributed by atoms with Gasteiger partial charge in [-0.15, -0.1) is 0 Å². The number of aryl methyl sites for hydroxylation is 2. The Labute approximate surface area is 158 Å². The van der Waals surface area contributed by atoms with Crippen LogP contribution in [0.15, 0.2) is 35.2 Å². The average Bonchev–Trinajstić information content (AvgIpc) is 2.61. The first-order valence-corrected chi connectivity index (χ1v) is 11.4. The molecular formula is C22H32O3S. The van der Waals surface area contributed by atoms with E-state index < -0.39 is 10.1 Å². The number of fused-ring (bicyclic) bond motifs is 1. The van der Waals surface area contributed by atoms with Crippen molar-refractivity contribution in [1.29, 1.82) is 0 Å². The second kappa shape index (κ2) is 10.1. The Morgan fingerprint density at radius 2 is 1.42 bits per heavy atom. The summed E-state index contributed by atoms with van der Waals surface area (Å²) in [4.78, 5) is 0.0668. The Morgan fingerprint density at radius 1 is 0.769 bits per heavy atom. The zero-order valence-electron chi connectivity index (χ0n) is 16.1. The van der Waals surface area contributed by atoms with E-state index in [4.69, 9.17) is 0 Å². The van der Waals surface area contributed by atoms with Crippen LogP contribution in [-0.2, 0) is 23.0 Å². The predicted molar refractivity (Wildman–Crippen MR) is 109 cm³/mol. The van der Waals surface area contributed by atoms with Gasteiger partial charge in [0.25, 0.3) is 10.1 Å². The summed E-state index contributed by atoms with van der Waals surface area (Å²) in [5.41, 5.74) is 2.03. The fourth-order valence-electron chi connectivity index (χ4n) is 3.46. The molecule has 2 rings (SSSR count). The summed E-state index contributed by atoms with van der Waals surface area (Å²) in [6, 6.07) is 9.80. The number of hydrogen-bond acceptors (Lipinski definition) is 2. The minimum absolute atomic E-state index is 0.0668. The molecule has 0 fully saturated rings. The summed E-state index contributed by atoms with van der Waals surface area (Å²) < 4.78 is 33.2. The van der Waals surface area contributed by atoms with Gasteiger partial charge in [-0.25, -0.2) is 0 Å². The van der Waals surface area contributed by atoms with Crippen LogP contribution >= 0.6 is 0 Å². The number of benzene rings is 2. The molecule has 2 aromatic rings. The van der Waals surface area contributed by atoms with Crippen molar-refractivity contribution in [2.24, 2.45) is 0 Å². The van der Waals surface area contributed by atoms with Gasteiger partial charge in [0.1, 0.15) is 0 Å². The van der Waals surface area contributed by atoms with Crippen molar-refractivity contribution in [1.82, 2.24) is 0 Å². The molecule has 3 nitrogen and oxygen atoms in total. The van der Waals surface area contributed by atoms with E-state index in [0.717, 1.165) is 48.4 Å². The lowest BCUT2D eigenvalue weighted by atomic mass is 9.98. The third-order valence-electron chi connectivity index (χ3n) is 4.98. The van der Waals surface area contributed by atoms with Crippen LogP contribution in [0.5, 0.6) is 0 Å². The zero-order valence-corrected chi connectivity index (χ0v) is 16.9. The Kier molecular flexibility index (Phi) is 8.11. The largest absolute Gasteiger partial charge is 0.294 e. The molecule has 0 aliphatic carbocycles. The highest BCUT2D eigenvalue weighted by atomic mass is 32.2. The van der Waals surface area contributed by atoms with Crippen LogP contribution in [0.4, 0.5) is 0 Å². The van der Waals surface area contributed by atoms with E-state index in [1.807, 2.05) is 12.1 Å². The molecule has 0 amide bonds. The molecule has 0 radical (unpaired) electrons. The van der Waals surface area contributed by atoms with Gasteiger partial charge in [0, 0.05) is 0 Å². The van der Waals surface area contributed by atoms with Crippen molar-refractivity contribution in [3.8, 4) is 0 Å². The smallest absolute Gasteiger partial charge is 0.282 e. The SMILES string of the molecule is CCCCCCc1ccc2cc(S(=O)(=O)O)c(CCCCCC)cc2c1. The molecule has 0 bridgehead atoms. The second-order valence-corrected chi connectivity index (χ2v) is 8.63. The van der Waals surface area contributed by atoms with Gasteiger partial charge in [-0.2, -0.15) is 8.42 Å². The minimum Gasteiger partial charge on any atom is -0.282 e. The lowest BCUT2D eigenvalue weighted by Crippen LogP contribution is -2.04. The van der Waals surface area contributed by atoms with Crippen LogP contribution in [0.2, 0.25) is 0 Å². The Hall–Kier alpha value is -1.39. The van der Waals surface area contributed by atoms with E-state index in [9.17, 15) is 13.0 Å². The lowest BCUT2D eigenvalue weighted by molar-refractivity contribution is 0.482. The van der Waals surface area contributed by atoms with Gasteiger partial charge in [0.05, 0.1) is 4.90 Å². The normalized spacial score (nSPS) is 12.0. The van der Waals surface area contributed by atoms with Crippen LogP contribution in [0.25, 0.3) is 10.8 Å². The first kappa shape index (κ1) is 20.9. The van der Waals surface area contributed by atoms with E-state index in [0.29, 0.717) is 6.42 Å². The van der Waals surface area contributed by atoms with Gasteiger partial charge in [0.2, 0.25) is 0 Å². The maximum absolute atomic E-state index is 11.8. The van der Waals surface area contributed by atoms with Crippen molar-refractivity contribution in [3.63, 3.8) is 0 Å². The molecule has 0 aromatic heterocycles. The first-order valence-electron chi connectivity index (χ1n) is 9.98. The summed E-state index contributed by atoms with van der Waals surface area (Å²) in [7, 11) is -4.20. The Bertz CT molecular complexity index is 809. The fourth-order valence-corrected chi connectivity index (χ4v) is 4.23. The maximum atomic E-state index is 11.8. The fraction of sp³-hybridized carbons (Fsp3) is 0.545. The highest BCUT2D eigenvalue weighted by molar-refractivity contribution is 7.85. The summed E-state index contributed by atoms with van der Waals surface area (Å²) >= 11 is 0. The Balaban J connectivity index is 2.27. The van der Waals surface area contributed by atoms with E-state index in [-0.39, 0.29) is 4.90 Å². The summed E-state index contributed by atoms with van der Waals surface area (Å²) in [5, 5.41) is 1.93. The molecule has 0 atom stereocenters. The quantitative estimate of drug-likeness (QED) is 0.368. The molecule has 0 aliphatic rings. The summed E-state index contributed by atoms with van der Waals surface area (Å²) in [6.45, 7) is 4.37. The maximum Gasteiger partial charge on any atom is 0.294 e. The van der Waals surface area contributed by atoms with Crippen LogP contribution in [0.3, 0.4) is 0 Å². The van der Waals surface area contributed by atoms with Crippen LogP contribution in [-0.4, -0.2) is 13.0 Å². The molecule has 144 valence electrons. The van der Waals surface area contributed by atoms with Gasteiger partial charge < -0.3 is 0 Å². The molecule has 26 heavy (non-hydrogen) atoms. The molecular weight excluding hydrogens is 344 g/mol. The van der Waals surface area contributed by atoms with Crippen molar-refractivity contribution < 1.29 is 13.0 Å². The highest BCUT2D eigenvalue weighted by Gasteiger charge is 2.16. The molecule has 0 unspecified atom stereocenters. The summed E-state index contributed by atoms with van der Waals surface area (Å²) in [5.74, 6) is 0. The van der Waals surface area contributed by atoms with Crippen molar-refractivity contribution in [3.05, 3.63) is 41.5 Å². The second-order valence-electron chi connectivity index (χ2n) is 7.24. The molecule has 0 saturated heterocycles. The predicted octanol–water partition coefficient (Wildman–Crippen LogP) is 6.33. The van der Waals surface area contributed by atoms with Gasteiger partial charge in [-0.05, 0) is 59.7 Å². The van der Waals surface area contributed by atoms with Gasteiger partial charge >= 0.3 is 0 Å². The van der Waals surface area contributed by atoms with E-state index in [1.54, 1.807) is 6.07 Å². The molecule has 4 heteroatoms. The topological polar surface area (TPSA) is 54.4 Å². The van der Waals surface area contributed by atoms with Gasteiger partial charge in [-0.3, -0.25) is 4.55 Å². The van der Waals surface area contributed by atoms with Crippen LogP contribution < -0.4 is 0 Å². The molecule has 2 aromatic carbocycles. The van der Waals surface area contributed by atoms with E-state index >= 15 is 0 Å². The molecule has 0 spiro atoms. The van der Waals surface area contributed by atoms with E-state index in [2.05, 4.69) is 26.0 Å². The highest BCUT2D eigenvalue weighted by Crippen LogP contribution is 2.27. The van der Waals surface area contributed by atoms with E-state index in [1.165, 1.54) is 31.2 Å². The number of hydrogen-bond donors (Lipinski definition) is 1. The number of rotatable bonds is 11. The van der Waals surface area contributed by atoms with Gasteiger partial charge in [0.15, 0.2) is 0 Å². The lowest BCUT2D eigenvalue weighted by Gasteiger charge is -2.11. The minimum atomic E-state index is -4.20. The molecule has 0 saturated carbocycles. The average molecular weight is 377 g/mol. The van der Waals surface area contributed by atoms with Crippen LogP contribution in [0.1, 0.15) is 76.3 Å². The summed E-state index contributed by atoms with van der Waals surface area (Å²) in [6.07, 6.45) is 11.0. The first-order chi connectivity index (χ1) is 12.5. The monoisotopic (exact) mass is 376 g/mol. The van der Waals surface area contributed by atoms with Crippen molar-refractivity contribution in [2.75, 3.05) is 0 Å². The third-order valence-corrected chi connectivity index (χ3v) is 5.92. The van der Waals surface area contributed by atoms with Crippen molar-refractivity contribution >= 4 is 20.9 Å². The third kappa shape index (κ3) is 6.10. The van der Waals surface area contributed by atoms with Crippen molar-refractivity contribution in [2.45, 2.75) is 83.0 Å². The zero-order chi connectivity index (χ0) is 19.0. The van der Waals surface area contributed by atoms with Gasteiger partial charge in [-0.1, -0.05) is 70.6 Å². The number of unbranched alkanes of at least 4 members (excludes halogenated alkanes) is 6.